The minimum Gasteiger partial charge on any atom is -0.465 e. The van der Waals surface area contributed by atoms with Crippen molar-refractivity contribution in [3.8, 4) is 0 Å². The van der Waals surface area contributed by atoms with E-state index in [0.29, 0.717) is 26.4 Å². The van der Waals surface area contributed by atoms with Crippen LogP contribution in [0.3, 0.4) is 0 Å². The molecule has 0 aromatic carbocycles. The third kappa shape index (κ3) is 5.44. The molecule has 0 radical (unpaired) electrons. The van der Waals surface area contributed by atoms with E-state index in [2.05, 4.69) is 5.32 Å². The van der Waals surface area contributed by atoms with Crippen molar-refractivity contribution in [2.45, 2.75) is 12.8 Å². The van der Waals surface area contributed by atoms with Crippen LogP contribution in [-0.2, 0) is 19.0 Å². The molecular weight excluding hydrogens is 210 g/mol. The molecule has 1 aliphatic rings. The van der Waals surface area contributed by atoms with Crippen LogP contribution in [0.1, 0.15) is 12.8 Å². The first kappa shape index (κ1) is 13.4. The molecule has 1 saturated heterocycles. The summed E-state index contributed by atoms with van der Waals surface area (Å²) in [4.78, 5) is 11.5. The molecule has 1 rings (SSSR count). The average Bonchev–Trinajstić information content (AvgIpc) is 2.81. The number of nitrogens with one attached hydrogen (secondary N) is 1. The van der Waals surface area contributed by atoms with Gasteiger partial charge in [0, 0.05) is 26.7 Å². The molecule has 0 aromatic heterocycles. The second-order valence-electron chi connectivity index (χ2n) is 3.82. The van der Waals surface area contributed by atoms with Crippen LogP contribution < -0.4 is 5.32 Å². The van der Waals surface area contributed by atoms with Gasteiger partial charge < -0.3 is 19.5 Å². The quantitative estimate of drug-likeness (QED) is 0.477. The maximum Gasteiger partial charge on any atom is 0.310 e. The van der Waals surface area contributed by atoms with Crippen molar-refractivity contribution in [3.63, 3.8) is 0 Å². The lowest BCUT2D eigenvalue weighted by molar-refractivity contribution is -0.148. The largest absolute Gasteiger partial charge is 0.465 e. The summed E-state index contributed by atoms with van der Waals surface area (Å²) < 4.78 is 15.2. The van der Waals surface area contributed by atoms with Crippen LogP contribution in [0.15, 0.2) is 0 Å². The zero-order valence-electron chi connectivity index (χ0n) is 9.87. The number of carbonyl (C=O) groups excluding carboxylic acids is 1. The highest BCUT2D eigenvalue weighted by Crippen LogP contribution is 2.09. The highest BCUT2D eigenvalue weighted by Gasteiger charge is 2.23. The third-order valence-electron chi connectivity index (χ3n) is 2.50. The van der Waals surface area contributed by atoms with E-state index in [1.807, 2.05) is 0 Å². The first-order chi connectivity index (χ1) is 7.84. The molecule has 0 saturated carbocycles. The van der Waals surface area contributed by atoms with E-state index in [9.17, 15) is 4.79 Å². The number of carbonyl (C=O) groups is 1. The maximum atomic E-state index is 11.5. The number of esters is 1. The Hall–Kier alpha value is -0.650. The number of methoxy groups -OCH3 is 1. The van der Waals surface area contributed by atoms with Crippen molar-refractivity contribution >= 4 is 5.97 Å². The molecule has 5 heteroatoms. The Morgan fingerprint density at radius 3 is 2.88 bits per heavy atom. The molecule has 1 atom stereocenters. The fourth-order valence-electron chi connectivity index (χ4n) is 1.55. The molecule has 1 N–H and O–H groups in total. The van der Waals surface area contributed by atoms with Crippen LogP contribution in [0.25, 0.3) is 0 Å². The van der Waals surface area contributed by atoms with Crippen LogP contribution in [0, 0.1) is 5.92 Å². The lowest BCUT2D eigenvalue weighted by Crippen LogP contribution is -2.21. The summed E-state index contributed by atoms with van der Waals surface area (Å²) in [7, 11) is 1.64. The number of hydrogen-bond acceptors (Lipinski definition) is 5. The van der Waals surface area contributed by atoms with Crippen LogP contribution in [0.4, 0.5) is 0 Å². The second kappa shape index (κ2) is 8.50. The third-order valence-corrected chi connectivity index (χ3v) is 2.50. The van der Waals surface area contributed by atoms with Crippen LogP contribution >= 0.6 is 0 Å². The lowest BCUT2D eigenvalue weighted by Gasteiger charge is -2.09. The van der Waals surface area contributed by atoms with E-state index >= 15 is 0 Å². The molecule has 94 valence electrons. The summed E-state index contributed by atoms with van der Waals surface area (Å²) in [6.07, 6.45) is 1.64. The topological polar surface area (TPSA) is 56.8 Å². The summed E-state index contributed by atoms with van der Waals surface area (Å²) in [5.74, 6) is -0.0312. The Labute approximate surface area is 96.4 Å². The summed E-state index contributed by atoms with van der Waals surface area (Å²) >= 11 is 0. The van der Waals surface area contributed by atoms with Crippen molar-refractivity contribution in [2.75, 3.05) is 46.6 Å². The molecule has 16 heavy (non-hydrogen) atoms. The van der Waals surface area contributed by atoms with Crippen molar-refractivity contribution in [2.24, 2.45) is 5.92 Å². The zero-order chi connectivity index (χ0) is 11.6. The molecular formula is C11H21NO4. The number of rotatable bonds is 8. The Bertz CT molecular complexity index is 192. The van der Waals surface area contributed by atoms with E-state index in [4.69, 9.17) is 14.2 Å². The normalized spacial score (nSPS) is 19.9. The first-order valence-electron chi connectivity index (χ1n) is 5.78. The van der Waals surface area contributed by atoms with E-state index in [-0.39, 0.29) is 11.9 Å². The summed E-state index contributed by atoms with van der Waals surface area (Å²) in [6.45, 7) is 3.93. The van der Waals surface area contributed by atoms with Crippen LogP contribution in [0.5, 0.6) is 0 Å². The molecule has 1 heterocycles. The van der Waals surface area contributed by atoms with Crippen molar-refractivity contribution in [1.82, 2.24) is 5.32 Å². The Morgan fingerprint density at radius 2 is 2.19 bits per heavy atom. The maximum absolute atomic E-state index is 11.5. The average molecular weight is 231 g/mol. The fourth-order valence-corrected chi connectivity index (χ4v) is 1.55. The molecule has 0 aliphatic carbocycles. The van der Waals surface area contributed by atoms with E-state index in [1.54, 1.807) is 7.11 Å². The van der Waals surface area contributed by atoms with Crippen molar-refractivity contribution in [1.29, 1.82) is 0 Å². The number of hydrogen-bond donors (Lipinski definition) is 1. The highest BCUT2D eigenvalue weighted by atomic mass is 16.5. The molecule has 0 amide bonds. The Morgan fingerprint density at radius 1 is 1.31 bits per heavy atom. The zero-order valence-corrected chi connectivity index (χ0v) is 9.87. The van der Waals surface area contributed by atoms with Gasteiger partial charge in [-0.05, 0) is 13.0 Å². The monoisotopic (exact) mass is 231 g/mol. The minimum absolute atomic E-state index is 0.0504. The van der Waals surface area contributed by atoms with Crippen LogP contribution in [-0.4, -0.2) is 52.6 Å². The van der Waals surface area contributed by atoms with Gasteiger partial charge in [0.25, 0.3) is 0 Å². The van der Waals surface area contributed by atoms with Gasteiger partial charge in [-0.2, -0.15) is 0 Å². The van der Waals surface area contributed by atoms with Crippen molar-refractivity contribution in [3.05, 3.63) is 0 Å². The fraction of sp³-hybridized carbons (Fsp3) is 0.909. The second-order valence-corrected chi connectivity index (χ2v) is 3.82. The SMILES string of the molecule is COCCOCCCOC(=O)C1CCNC1. The smallest absolute Gasteiger partial charge is 0.310 e. The summed E-state index contributed by atoms with van der Waals surface area (Å²) in [5.41, 5.74) is 0. The first-order valence-corrected chi connectivity index (χ1v) is 5.78. The molecule has 0 bridgehead atoms. The Kier molecular flexibility index (Phi) is 7.12. The highest BCUT2D eigenvalue weighted by molar-refractivity contribution is 5.73. The van der Waals surface area contributed by atoms with Crippen molar-refractivity contribution < 1.29 is 19.0 Å². The van der Waals surface area contributed by atoms with Gasteiger partial charge in [0.2, 0.25) is 0 Å². The van der Waals surface area contributed by atoms with E-state index in [1.165, 1.54) is 0 Å². The number of ether oxygens (including phenoxy) is 3. The van der Waals surface area contributed by atoms with Gasteiger partial charge in [-0.15, -0.1) is 0 Å². The molecule has 1 unspecified atom stereocenters. The van der Waals surface area contributed by atoms with Gasteiger partial charge in [0.1, 0.15) is 0 Å². The van der Waals surface area contributed by atoms with Gasteiger partial charge in [0.15, 0.2) is 0 Å². The molecule has 0 spiro atoms. The summed E-state index contributed by atoms with van der Waals surface area (Å²) in [5, 5.41) is 3.14. The summed E-state index contributed by atoms with van der Waals surface area (Å²) in [6, 6.07) is 0. The Balaban J connectivity index is 1.88. The lowest BCUT2D eigenvalue weighted by atomic mass is 10.1. The van der Waals surface area contributed by atoms with Crippen LogP contribution in [0.2, 0.25) is 0 Å². The predicted octanol–water partition coefficient (Wildman–Crippen LogP) is 0.192. The molecule has 5 nitrogen and oxygen atoms in total. The van der Waals surface area contributed by atoms with Gasteiger partial charge in [-0.25, -0.2) is 0 Å². The van der Waals surface area contributed by atoms with E-state index < -0.39 is 0 Å². The van der Waals surface area contributed by atoms with Gasteiger partial charge in [0.05, 0.1) is 25.7 Å². The molecule has 1 aliphatic heterocycles. The van der Waals surface area contributed by atoms with E-state index in [0.717, 1.165) is 25.9 Å². The van der Waals surface area contributed by atoms with Gasteiger partial charge in [-0.1, -0.05) is 0 Å². The van der Waals surface area contributed by atoms with Gasteiger partial charge in [-0.3, -0.25) is 4.79 Å². The van der Waals surface area contributed by atoms with Gasteiger partial charge >= 0.3 is 5.97 Å². The minimum atomic E-state index is -0.0816. The molecule has 0 aromatic rings. The standard InChI is InChI=1S/C11H21NO4/c1-14-7-8-15-5-2-6-16-11(13)10-3-4-12-9-10/h10,12H,2-9H2,1H3. The molecule has 1 fully saturated rings. The predicted molar refractivity (Wildman–Crippen MR) is 59.2 cm³/mol.